The van der Waals surface area contributed by atoms with E-state index in [9.17, 15) is 4.79 Å². The average molecular weight is 347 g/mol. The van der Waals surface area contributed by atoms with Gasteiger partial charge in [-0.2, -0.15) is 0 Å². The third-order valence-electron chi connectivity index (χ3n) is 3.55. The second-order valence-electron chi connectivity index (χ2n) is 4.94. The Bertz CT molecular complexity index is 805. The lowest BCUT2D eigenvalue weighted by Gasteiger charge is -2.16. The molecule has 1 unspecified atom stereocenters. The van der Waals surface area contributed by atoms with E-state index in [1.807, 2.05) is 37.4 Å². The highest BCUT2D eigenvalue weighted by molar-refractivity contribution is 9.10. The maximum atomic E-state index is 11.2. The van der Waals surface area contributed by atoms with Gasteiger partial charge in [-0.05, 0) is 48.9 Å². The summed E-state index contributed by atoms with van der Waals surface area (Å²) in [5.74, 6) is -0.420. The number of fused-ring (bicyclic) bond motifs is 1. The number of hydrogen-bond acceptors (Lipinski definition) is 3. The number of likely N-dealkylation sites (N-methyl/N-ethyl adjacent to an activating group) is 1. The Kier molecular flexibility index (Phi) is 3.94. The fourth-order valence-electron chi connectivity index (χ4n) is 2.42. The number of hydrogen-bond donors (Lipinski definition) is 2. The van der Waals surface area contributed by atoms with Crippen LogP contribution in [0.25, 0.3) is 11.1 Å². The van der Waals surface area contributed by atoms with Crippen molar-refractivity contribution >= 4 is 27.0 Å². The summed E-state index contributed by atoms with van der Waals surface area (Å²) in [5.41, 5.74) is 3.65. The number of oxazole rings is 1. The van der Waals surface area contributed by atoms with Gasteiger partial charge < -0.3 is 9.73 Å². The molecular weight excluding hydrogens is 332 g/mol. The Hall–Kier alpha value is -1.85. The van der Waals surface area contributed by atoms with Gasteiger partial charge in [-0.15, -0.1) is 0 Å². The predicted octanol–water partition coefficient (Wildman–Crippen LogP) is 3.39. The molecule has 3 rings (SSSR count). The largest absolute Gasteiger partial charge is 0.417 e. The monoisotopic (exact) mass is 346 g/mol. The summed E-state index contributed by atoms with van der Waals surface area (Å²) >= 11 is 3.44. The first kappa shape index (κ1) is 14.1. The number of halogens is 1. The summed E-state index contributed by atoms with van der Waals surface area (Å²) in [6.07, 6.45) is 0.865. The quantitative estimate of drug-likeness (QED) is 0.761. The molecule has 1 atom stereocenters. The SMILES string of the molecule is CNC(Cc1ccc(Br)cc1)c1ccc2[nH]c(=O)oc2c1. The van der Waals surface area contributed by atoms with Crippen molar-refractivity contribution in [1.82, 2.24) is 10.3 Å². The topological polar surface area (TPSA) is 58.0 Å². The van der Waals surface area contributed by atoms with Crippen molar-refractivity contribution in [3.8, 4) is 0 Å². The van der Waals surface area contributed by atoms with Crippen LogP contribution in [0, 0.1) is 0 Å². The molecule has 21 heavy (non-hydrogen) atoms. The smallest absolute Gasteiger partial charge is 0.408 e. The summed E-state index contributed by atoms with van der Waals surface area (Å²) in [6, 6.07) is 14.2. The standard InChI is InChI=1S/C16H15BrN2O2/c1-18-14(8-10-2-5-12(17)6-3-10)11-4-7-13-15(9-11)21-16(20)19-13/h2-7,9,14,18H,8H2,1H3,(H,19,20). The van der Waals surface area contributed by atoms with Crippen molar-refractivity contribution in [2.75, 3.05) is 7.05 Å². The van der Waals surface area contributed by atoms with Gasteiger partial charge in [-0.1, -0.05) is 34.1 Å². The minimum atomic E-state index is -0.420. The van der Waals surface area contributed by atoms with Crippen molar-refractivity contribution in [2.24, 2.45) is 0 Å². The molecule has 0 saturated heterocycles. The van der Waals surface area contributed by atoms with E-state index in [1.165, 1.54) is 5.56 Å². The van der Waals surface area contributed by atoms with Gasteiger partial charge in [-0.3, -0.25) is 4.98 Å². The van der Waals surface area contributed by atoms with Gasteiger partial charge in [0.1, 0.15) is 0 Å². The molecule has 0 aliphatic heterocycles. The molecule has 1 heterocycles. The number of rotatable bonds is 4. The van der Waals surface area contributed by atoms with Crippen LogP contribution in [0.3, 0.4) is 0 Å². The number of H-pyrrole nitrogens is 1. The third-order valence-corrected chi connectivity index (χ3v) is 4.08. The van der Waals surface area contributed by atoms with E-state index in [1.54, 1.807) is 0 Å². The highest BCUT2D eigenvalue weighted by atomic mass is 79.9. The van der Waals surface area contributed by atoms with E-state index in [0.29, 0.717) is 5.58 Å². The first-order valence-corrected chi connectivity index (χ1v) is 7.49. The maximum Gasteiger partial charge on any atom is 0.417 e. The van der Waals surface area contributed by atoms with Gasteiger partial charge in [0.25, 0.3) is 0 Å². The van der Waals surface area contributed by atoms with Crippen LogP contribution in [0.5, 0.6) is 0 Å². The molecule has 5 heteroatoms. The molecule has 0 bridgehead atoms. The molecule has 0 radical (unpaired) electrons. The molecule has 0 amide bonds. The fourth-order valence-corrected chi connectivity index (χ4v) is 2.69. The average Bonchev–Trinajstić information content (AvgIpc) is 2.85. The summed E-state index contributed by atoms with van der Waals surface area (Å²) in [6.45, 7) is 0. The van der Waals surface area contributed by atoms with E-state index in [-0.39, 0.29) is 6.04 Å². The molecule has 108 valence electrons. The van der Waals surface area contributed by atoms with E-state index in [2.05, 4.69) is 38.4 Å². The van der Waals surface area contributed by atoms with Crippen molar-refractivity contribution in [3.63, 3.8) is 0 Å². The number of nitrogens with one attached hydrogen (secondary N) is 2. The van der Waals surface area contributed by atoms with Crippen LogP contribution >= 0.6 is 15.9 Å². The number of benzene rings is 2. The van der Waals surface area contributed by atoms with Crippen molar-refractivity contribution < 1.29 is 4.42 Å². The highest BCUT2D eigenvalue weighted by Crippen LogP contribution is 2.22. The van der Waals surface area contributed by atoms with Crippen molar-refractivity contribution in [1.29, 1.82) is 0 Å². The molecule has 4 nitrogen and oxygen atoms in total. The molecule has 2 aromatic carbocycles. The lowest BCUT2D eigenvalue weighted by molar-refractivity contribution is 0.551. The van der Waals surface area contributed by atoms with E-state index in [4.69, 9.17) is 4.42 Å². The highest BCUT2D eigenvalue weighted by Gasteiger charge is 2.12. The van der Waals surface area contributed by atoms with E-state index < -0.39 is 5.76 Å². The summed E-state index contributed by atoms with van der Waals surface area (Å²) < 4.78 is 6.20. The lowest BCUT2D eigenvalue weighted by atomic mass is 9.99. The third kappa shape index (κ3) is 3.09. The molecule has 2 N–H and O–H groups in total. The summed E-state index contributed by atoms with van der Waals surface area (Å²) in [7, 11) is 1.93. The Morgan fingerprint density at radius 3 is 2.71 bits per heavy atom. The molecule has 0 fully saturated rings. The van der Waals surface area contributed by atoms with Gasteiger partial charge in [0.15, 0.2) is 5.58 Å². The normalized spacial score (nSPS) is 12.7. The summed E-state index contributed by atoms with van der Waals surface area (Å²) in [4.78, 5) is 13.9. The fraction of sp³-hybridized carbons (Fsp3) is 0.188. The number of aromatic nitrogens is 1. The Labute approximate surface area is 130 Å². The van der Waals surface area contributed by atoms with Gasteiger partial charge >= 0.3 is 5.76 Å². The van der Waals surface area contributed by atoms with Gasteiger partial charge in [0, 0.05) is 10.5 Å². The van der Waals surface area contributed by atoms with E-state index in [0.717, 1.165) is 22.0 Å². The maximum absolute atomic E-state index is 11.2. The number of aromatic amines is 1. The lowest BCUT2D eigenvalue weighted by Crippen LogP contribution is -2.18. The van der Waals surface area contributed by atoms with Crippen LogP contribution < -0.4 is 11.1 Å². The zero-order chi connectivity index (χ0) is 14.8. The molecular formula is C16H15BrN2O2. The Morgan fingerprint density at radius 1 is 1.24 bits per heavy atom. The Morgan fingerprint density at radius 2 is 2.00 bits per heavy atom. The van der Waals surface area contributed by atoms with E-state index >= 15 is 0 Å². The second-order valence-corrected chi connectivity index (χ2v) is 5.86. The first-order valence-electron chi connectivity index (χ1n) is 6.70. The minimum absolute atomic E-state index is 0.163. The van der Waals surface area contributed by atoms with Gasteiger partial charge in [-0.25, -0.2) is 4.79 Å². The van der Waals surface area contributed by atoms with Gasteiger partial charge in [0.2, 0.25) is 0 Å². The van der Waals surface area contributed by atoms with Crippen molar-refractivity contribution in [3.05, 3.63) is 68.6 Å². The van der Waals surface area contributed by atoms with Crippen LogP contribution in [0.15, 0.2) is 56.1 Å². The molecule has 1 aromatic heterocycles. The van der Waals surface area contributed by atoms with Gasteiger partial charge in [0.05, 0.1) is 5.52 Å². The van der Waals surface area contributed by atoms with Crippen LogP contribution in [0.1, 0.15) is 17.2 Å². The minimum Gasteiger partial charge on any atom is -0.408 e. The van der Waals surface area contributed by atoms with Crippen molar-refractivity contribution in [2.45, 2.75) is 12.5 Å². The van der Waals surface area contributed by atoms with Crippen LogP contribution in [0.4, 0.5) is 0 Å². The Balaban J connectivity index is 1.89. The second kappa shape index (κ2) is 5.87. The molecule has 0 saturated carbocycles. The van der Waals surface area contributed by atoms with Crippen LogP contribution in [0.2, 0.25) is 0 Å². The molecule has 0 spiro atoms. The summed E-state index contributed by atoms with van der Waals surface area (Å²) in [5, 5.41) is 3.31. The molecule has 0 aliphatic rings. The first-order chi connectivity index (χ1) is 10.2. The van der Waals surface area contributed by atoms with Crippen LogP contribution in [-0.4, -0.2) is 12.0 Å². The molecule has 0 aliphatic carbocycles. The molecule has 3 aromatic rings. The zero-order valence-electron chi connectivity index (χ0n) is 11.5. The van der Waals surface area contributed by atoms with Crippen LogP contribution in [-0.2, 0) is 6.42 Å². The zero-order valence-corrected chi connectivity index (χ0v) is 13.1. The predicted molar refractivity (Wildman–Crippen MR) is 86.5 cm³/mol.